The molecule has 0 atom stereocenters. The zero-order chi connectivity index (χ0) is 24.9. The summed E-state index contributed by atoms with van der Waals surface area (Å²) in [4.78, 5) is 12.5. The van der Waals surface area contributed by atoms with Crippen LogP contribution in [0, 0.1) is 0 Å². The number of halogens is 1. The number of sulfonamides is 2. The van der Waals surface area contributed by atoms with E-state index in [2.05, 4.69) is 5.32 Å². The Balaban J connectivity index is 1.57. The van der Waals surface area contributed by atoms with Gasteiger partial charge in [-0.05, 0) is 48.7 Å². The van der Waals surface area contributed by atoms with Crippen molar-refractivity contribution in [3.05, 3.63) is 53.1 Å². The number of rotatable bonds is 9. The predicted molar refractivity (Wildman–Crippen MR) is 129 cm³/mol. The molecule has 12 heteroatoms. The fraction of sp³-hybridized carbons (Fsp3) is 0.409. The second-order valence-corrected chi connectivity index (χ2v) is 12.3. The van der Waals surface area contributed by atoms with Crippen LogP contribution in [0.5, 0.6) is 5.75 Å². The van der Waals surface area contributed by atoms with Crippen LogP contribution in [0.15, 0.2) is 52.3 Å². The fourth-order valence-electron chi connectivity index (χ4n) is 3.56. The molecule has 1 aliphatic heterocycles. The largest absolute Gasteiger partial charge is 0.495 e. The highest BCUT2D eigenvalue weighted by molar-refractivity contribution is 7.89. The van der Waals surface area contributed by atoms with Crippen molar-refractivity contribution in [2.45, 2.75) is 35.6 Å². The van der Waals surface area contributed by atoms with E-state index in [1.165, 1.54) is 48.8 Å². The van der Waals surface area contributed by atoms with Gasteiger partial charge < -0.3 is 10.1 Å². The van der Waals surface area contributed by atoms with Crippen LogP contribution in [-0.4, -0.2) is 65.1 Å². The van der Waals surface area contributed by atoms with Crippen molar-refractivity contribution in [1.29, 1.82) is 0 Å². The molecule has 0 aliphatic carbocycles. The summed E-state index contributed by atoms with van der Waals surface area (Å²) in [6, 6.07) is 10.4. The highest BCUT2D eigenvalue weighted by Crippen LogP contribution is 2.28. The highest BCUT2D eigenvalue weighted by Gasteiger charge is 2.26. The van der Waals surface area contributed by atoms with Crippen molar-refractivity contribution >= 4 is 37.6 Å². The van der Waals surface area contributed by atoms with E-state index in [9.17, 15) is 21.6 Å². The van der Waals surface area contributed by atoms with Crippen LogP contribution in [0.1, 0.15) is 24.8 Å². The fourth-order valence-corrected chi connectivity index (χ4v) is 6.56. The third kappa shape index (κ3) is 6.08. The summed E-state index contributed by atoms with van der Waals surface area (Å²) in [5.74, 6) is -0.161. The molecule has 1 fully saturated rings. The first-order chi connectivity index (χ1) is 16.1. The van der Waals surface area contributed by atoms with Crippen molar-refractivity contribution in [1.82, 2.24) is 13.9 Å². The van der Waals surface area contributed by atoms with Crippen molar-refractivity contribution < 1.29 is 26.4 Å². The van der Waals surface area contributed by atoms with Crippen molar-refractivity contribution in [3.63, 3.8) is 0 Å². The molecule has 1 aliphatic rings. The van der Waals surface area contributed by atoms with Gasteiger partial charge in [0.1, 0.15) is 5.75 Å². The topological polar surface area (TPSA) is 113 Å². The molecule has 186 valence electrons. The van der Waals surface area contributed by atoms with Crippen LogP contribution in [0.2, 0.25) is 5.02 Å². The van der Waals surface area contributed by atoms with Gasteiger partial charge in [-0.15, -0.1) is 0 Å². The molecule has 34 heavy (non-hydrogen) atoms. The van der Waals surface area contributed by atoms with Crippen molar-refractivity contribution in [2.24, 2.45) is 0 Å². The molecule has 2 aromatic rings. The number of likely N-dealkylation sites (N-methyl/N-ethyl adjacent to an activating group) is 1. The lowest BCUT2D eigenvalue weighted by molar-refractivity contribution is -0.121. The monoisotopic (exact) mass is 529 g/mol. The van der Waals surface area contributed by atoms with Gasteiger partial charge in [0.05, 0.1) is 28.5 Å². The van der Waals surface area contributed by atoms with Crippen LogP contribution in [0.4, 0.5) is 0 Å². The van der Waals surface area contributed by atoms with Gasteiger partial charge in [0.25, 0.3) is 0 Å². The smallest absolute Gasteiger partial charge is 0.243 e. The number of amides is 1. The number of carbonyl (C=O) groups excluding carboxylic acids is 1. The summed E-state index contributed by atoms with van der Waals surface area (Å²) in [7, 11) is -4.73. The summed E-state index contributed by atoms with van der Waals surface area (Å²) in [5.41, 5.74) is 0.693. The number of hydrogen-bond donors (Lipinski definition) is 1. The number of piperidine rings is 1. The highest BCUT2D eigenvalue weighted by atomic mass is 35.5. The van der Waals surface area contributed by atoms with Gasteiger partial charge in [-0.1, -0.05) is 30.2 Å². The SMILES string of the molecule is COc1ccc(S(=O)(=O)N(C)CC(=O)NCc2ccc(S(=O)(=O)N3CCCCC3)cc2)cc1Cl. The predicted octanol–water partition coefficient (Wildman–Crippen LogP) is 2.46. The summed E-state index contributed by atoms with van der Waals surface area (Å²) < 4.78 is 58.4. The zero-order valence-corrected chi connectivity index (χ0v) is 21.4. The molecular formula is C22H28ClN3O6S2. The van der Waals surface area contributed by atoms with E-state index >= 15 is 0 Å². The summed E-state index contributed by atoms with van der Waals surface area (Å²) >= 11 is 6.02. The Bertz CT molecular complexity index is 1230. The average molecular weight is 530 g/mol. The lowest BCUT2D eigenvalue weighted by atomic mass is 10.2. The minimum atomic E-state index is -3.94. The second kappa shape index (κ2) is 11.0. The Morgan fingerprint density at radius 2 is 1.65 bits per heavy atom. The Morgan fingerprint density at radius 3 is 2.24 bits per heavy atom. The number of ether oxygens (including phenoxy) is 1. The van der Waals surface area contributed by atoms with E-state index in [0.29, 0.717) is 24.4 Å². The minimum absolute atomic E-state index is 0.0564. The van der Waals surface area contributed by atoms with E-state index in [4.69, 9.17) is 16.3 Å². The van der Waals surface area contributed by atoms with Gasteiger partial charge in [0.15, 0.2) is 0 Å². The summed E-state index contributed by atoms with van der Waals surface area (Å²) in [5, 5.41) is 2.80. The number of methoxy groups -OCH3 is 1. The van der Waals surface area contributed by atoms with Gasteiger partial charge in [-0.2, -0.15) is 8.61 Å². The molecule has 2 aromatic carbocycles. The Hall–Kier alpha value is -2.18. The van der Waals surface area contributed by atoms with Crippen LogP contribution in [0.25, 0.3) is 0 Å². The molecule has 0 radical (unpaired) electrons. The average Bonchev–Trinajstić information content (AvgIpc) is 2.83. The van der Waals surface area contributed by atoms with Crippen LogP contribution >= 0.6 is 11.6 Å². The van der Waals surface area contributed by atoms with E-state index in [-0.39, 0.29) is 21.4 Å². The van der Waals surface area contributed by atoms with E-state index in [1.807, 2.05) is 0 Å². The molecule has 0 saturated carbocycles. The van der Waals surface area contributed by atoms with E-state index in [0.717, 1.165) is 23.6 Å². The van der Waals surface area contributed by atoms with E-state index in [1.54, 1.807) is 12.1 Å². The minimum Gasteiger partial charge on any atom is -0.495 e. The molecule has 9 nitrogen and oxygen atoms in total. The molecule has 0 spiro atoms. The van der Waals surface area contributed by atoms with Crippen molar-refractivity contribution in [2.75, 3.05) is 33.8 Å². The van der Waals surface area contributed by atoms with Crippen molar-refractivity contribution in [3.8, 4) is 5.75 Å². The molecule has 0 aromatic heterocycles. The number of hydrogen-bond acceptors (Lipinski definition) is 6. The maximum Gasteiger partial charge on any atom is 0.243 e. The molecule has 1 amide bonds. The van der Waals surface area contributed by atoms with Crippen LogP contribution in [0.3, 0.4) is 0 Å². The first-order valence-electron chi connectivity index (χ1n) is 10.7. The van der Waals surface area contributed by atoms with Crippen LogP contribution in [-0.2, 0) is 31.4 Å². The maximum absolute atomic E-state index is 12.7. The molecule has 1 N–H and O–H groups in total. The lowest BCUT2D eigenvalue weighted by Crippen LogP contribution is -2.38. The lowest BCUT2D eigenvalue weighted by Gasteiger charge is -2.25. The first kappa shape index (κ1) is 26.4. The third-order valence-corrected chi connectivity index (χ3v) is 9.57. The Morgan fingerprint density at radius 1 is 1.03 bits per heavy atom. The Labute approximate surface area is 205 Å². The third-order valence-electron chi connectivity index (χ3n) is 5.56. The zero-order valence-electron chi connectivity index (χ0n) is 19.0. The van der Waals surface area contributed by atoms with Crippen LogP contribution < -0.4 is 10.1 Å². The molecule has 1 heterocycles. The first-order valence-corrected chi connectivity index (χ1v) is 14.0. The van der Waals surface area contributed by atoms with Gasteiger partial charge in [0, 0.05) is 26.7 Å². The normalized spacial score (nSPS) is 15.3. The second-order valence-electron chi connectivity index (χ2n) is 7.94. The summed E-state index contributed by atoms with van der Waals surface area (Å²) in [6.07, 6.45) is 2.76. The van der Waals surface area contributed by atoms with E-state index < -0.39 is 32.5 Å². The summed E-state index contributed by atoms with van der Waals surface area (Å²) in [6.45, 7) is 0.789. The Kier molecular flexibility index (Phi) is 8.58. The quantitative estimate of drug-likeness (QED) is 0.534. The molecule has 1 saturated heterocycles. The molecule has 0 bridgehead atoms. The maximum atomic E-state index is 12.7. The molecular weight excluding hydrogens is 502 g/mol. The van der Waals surface area contributed by atoms with Gasteiger partial charge in [-0.3, -0.25) is 4.79 Å². The number of benzene rings is 2. The number of carbonyl (C=O) groups is 1. The standard InChI is InChI=1S/C22H28ClN3O6S2/c1-25(33(28,29)19-10-11-21(32-2)20(23)14-19)16-22(27)24-15-17-6-8-18(9-7-17)34(30,31)26-12-4-3-5-13-26/h6-11,14H,3-5,12-13,15-16H2,1-2H3,(H,24,27). The molecule has 3 rings (SSSR count). The molecule has 0 unspecified atom stereocenters. The van der Waals surface area contributed by atoms with Gasteiger partial charge in [-0.25, -0.2) is 16.8 Å². The van der Waals surface area contributed by atoms with Gasteiger partial charge >= 0.3 is 0 Å². The number of nitrogens with zero attached hydrogens (tertiary/aromatic N) is 2. The van der Waals surface area contributed by atoms with Gasteiger partial charge in [0.2, 0.25) is 26.0 Å². The number of nitrogens with one attached hydrogen (secondary N) is 1.